The smallest absolute Gasteiger partial charge is 0.261 e. The third-order valence-electron chi connectivity index (χ3n) is 2.49. The Morgan fingerprint density at radius 2 is 1.58 bits per heavy atom. The quantitative estimate of drug-likeness (QED) is 0.863. The number of benzene rings is 2. The third-order valence-corrected chi connectivity index (χ3v) is 2.49. The molecule has 0 saturated carbocycles. The second kappa shape index (κ2) is 5.39. The molecule has 0 aromatic heterocycles. The van der Waals surface area contributed by atoms with Gasteiger partial charge in [-0.05, 0) is 36.4 Å². The standard InChI is InChI=1S/C14H9F2NO2/c15-11-2-1-3-12(16)13(11)14(19)17-10-6-4-9(8-18)5-7-10/h1-8H,(H,17,19). The van der Waals surface area contributed by atoms with Gasteiger partial charge in [-0.15, -0.1) is 0 Å². The molecule has 0 saturated heterocycles. The first-order valence-electron chi connectivity index (χ1n) is 5.42. The van der Waals surface area contributed by atoms with Crippen molar-refractivity contribution < 1.29 is 18.4 Å². The Morgan fingerprint density at radius 3 is 2.11 bits per heavy atom. The monoisotopic (exact) mass is 261 g/mol. The lowest BCUT2D eigenvalue weighted by Crippen LogP contribution is -2.15. The number of hydrogen-bond acceptors (Lipinski definition) is 2. The molecule has 3 nitrogen and oxygen atoms in total. The summed E-state index contributed by atoms with van der Waals surface area (Å²) in [6.45, 7) is 0. The summed E-state index contributed by atoms with van der Waals surface area (Å²) >= 11 is 0. The van der Waals surface area contributed by atoms with Gasteiger partial charge in [0.2, 0.25) is 0 Å². The van der Waals surface area contributed by atoms with Crippen molar-refractivity contribution in [1.82, 2.24) is 0 Å². The second-order valence-corrected chi connectivity index (χ2v) is 3.79. The average molecular weight is 261 g/mol. The Kier molecular flexibility index (Phi) is 3.66. The van der Waals surface area contributed by atoms with E-state index >= 15 is 0 Å². The van der Waals surface area contributed by atoms with E-state index in [0.717, 1.165) is 12.1 Å². The van der Waals surface area contributed by atoms with Gasteiger partial charge in [-0.25, -0.2) is 8.78 Å². The molecular weight excluding hydrogens is 252 g/mol. The first-order valence-corrected chi connectivity index (χ1v) is 5.42. The molecule has 0 heterocycles. The minimum Gasteiger partial charge on any atom is -0.322 e. The molecule has 0 aliphatic rings. The zero-order chi connectivity index (χ0) is 13.8. The summed E-state index contributed by atoms with van der Waals surface area (Å²) in [5.41, 5.74) is 0.148. The molecular formula is C14H9F2NO2. The maximum Gasteiger partial charge on any atom is 0.261 e. The molecule has 96 valence electrons. The van der Waals surface area contributed by atoms with Crippen molar-refractivity contribution in [1.29, 1.82) is 0 Å². The number of anilines is 1. The van der Waals surface area contributed by atoms with Crippen LogP contribution in [0.5, 0.6) is 0 Å². The van der Waals surface area contributed by atoms with Gasteiger partial charge in [0.05, 0.1) is 0 Å². The lowest BCUT2D eigenvalue weighted by molar-refractivity contribution is 0.101. The first kappa shape index (κ1) is 12.9. The van der Waals surface area contributed by atoms with Crippen LogP contribution in [0.3, 0.4) is 0 Å². The largest absolute Gasteiger partial charge is 0.322 e. The van der Waals surface area contributed by atoms with Crippen LogP contribution in [-0.4, -0.2) is 12.2 Å². The second-order valence-electron chi connectivity index (χ2n) is 3.79. The van der Waals surface area contributed by atoms with Crippen LogP contribution >= 0.6 is 0 Å². The van der Waals surface area contributed by atoms with Crippen LogP contribution in [0.2, 0.25) is 0 Å². The number of nitrogens with one attached hydrogen (secondary N) is 1. The molecule has 0 spiro atoms. The Hall–Kier alpha value is -2.56. The Morgan fingerprint density at radius 1 is 1.00 bits per heavy atom. The molecule has 2 rings (SSSR count). The summed E-state index contributed by atoms with van der Waals surface area (Å²) in [6, 6.07) is 9.11. The Bertz CT molecular complexity index is 604. The fraction of sp³-hybridized carbons (Fsp3) is 0. The van der Waals surface area contributed by atoms with E-state index < -0.39 is 23.1 Å². The summed E-state index contributed by atoms with van der Waals surface area (Å²) in [5.74, 6) is -2.74. The maximum absolute atomic E-state index is 13.4. The van der Waals surface area contributed by atoms with Gasteiger partial charge in [0.25, 0.3) is 5.91 Å². The van der Waals surface area contributed by atoms with Crippen molar-refractivity contribution in [2.45, 2.75) is 0 Å². The molecule has 1 N–H and O–H groups in total. The van der Waals surface area contributed by atoms with E-state index in [1.54, 1.807) is 0 Å². The van der Waals surface area contributed by atoms with E-state index in [4.69, 9.17) is 0 Å². The molecule has 0 unspecified atom stereocenters. The highest BCUT2D eigenvalue weighted by molar-refractivity contribution is 6.04. The van der Waals surface area contributed by atoms with E-state index in [-0.39, 0.29) is 0 Å². The lowest BCUT2D eigenvalue weighted by Gasteiger charge is -2.07. The van der Waals surface area contributed by atoms with Crippen molar-refractivity contribution in [3.8, 4) is 0 Å². The van der Waals surface area contributed by atoms with Crippen molar-refractivity contribution in [2.24, 2.45) is 0 Å². The van der Waals surface area contributed by atoms with Crippen molar-refractivity contribution in [3.05, 3.63) is 65.2 Å². The zero-order valence-corrected chi connectivity index (χ0v) is 9.69. The number of rotatable bonds is 3. The molecule has 0 atom stereocenters. The molecule has 0 bridgehead atoms. The molecule has 0 radical (unpaired) electrons. The molecule has 0 aliphatic heterocycles. The Balaban J connectivity index is 2.23. The first-order chi connectivity index (χ1) is 9.11. The van der Waals surface area contributed by atoms with E-state index in [1.807, 2.05) is 0 Å². The Labute approximate surface area is 107 Å². The topological polar surface area (TPSA) is 46.2 Å². The van der Waals surface area contributed by atoms with Crippen LogP contribution in [0.15, 0.2) is 42.5 Å². The molecule has 0 fully saturated rings. The van der Waals surface area contributed by atoms with Gasteiger partial charge in [0, 0.05) is 11.3 Å². The zero-order valence-electron chi connectivity index (χ0n) is 9.69. The van der Waals surface area contributed by atoms with Crippen molar-refractivity contribution in [2.75, 3.05) is 5.32 Å². The average Bonchev–Trinajstić information content (AvgIpc) is 2.39. The molecule has 0 aliphatic carbocycles. The third kappa shape index (κ3) is 2.82. The number of hydrogen-bond donors (Lipinski definition) is 1. The fourth-order valence-electron chi connectivity index (χ4n) is 1.55. The molecule has 1 amide bonds. The minimum atomic E-state index is -0.929. The maximum atomic E-state index is 13.4. The molecule has 2 aromatic rings. The van der Waals surface area contributed by atoms with Gasteiger partial charge in [-0.3, -0.25) is 9.59 Å². The van der Waals surface area contributed by atoms with Crippen molar-refractivity contribution in [3.63, 3.8) is 0 Å². The fourth-order valence-corrected chi connectivity index (χ4v) is 1.55. The van der Waals surface area contributed by atoms with Gasteiger partial charge < -0.3 is 5.32 Å². The highest BCUT2D eigenvalue weighted by Gasteiger charge is 2.16. The SMILES string of the molecule is O=Cc1ccc(NC(=O)c2c(F)cccc2F)cc1. The van der Waals surface area contributed by atoms with Crippen LogP contribution in [0.4, 0.5) is 14.5 Å². The normalized spacial score (nSPS) is 10.0. The number of carbonyl (C=O) groups excluding carboxylic acids is 2. The predicted molar refractivity (Wildman–Crippen MR) is 66.1 cm³/mol. The predicted octanol–water partition coefficient (Wildman–Crippen LogP) is 3.03. The molecule has 5 heteroatoms. The molecule has 2 aromatic carbocycles. The number of aldehydes is 1. The summed E-state index contributed by atoms with van der Waals surface area (Å²) in [6.07, 6.45) is 0.655. The minimum absolute atomic E-state index is 0.346. The number of carbonyl (C=O) groups is 2. The summed E-state index contributed by atoms with van der Waals surface area (Å²) < 4.78 is 26.8. The number of amides is 1. The van der Waals surface area contributed by atoms with Crippen LogP contribution < -0.4 is 5.32 Å². The lowest BCUT2D eigenvalue weighted by atomic mass is 10.1. The van der Waals surface area contributed by atoms with E-state index in [2.05, 4.69) is 5.32 Å². The van der Waals surface area contributed by atoms with Gasteiger partial charge >= 0.3 is 0 Å². The van der Waals surface area contributed by atoms with E-state index in [9.17, 15) is 18.4 Å². The summed E-state index contributed by atoms with van der Waals surface area (Å²) in [5, 5.41) is 2.36. The van der Waals surface area contributed by atoms with Gasteiger partial charge in [-0.2, -0.15) is 0 Å². The highest BCUT2D eigenvalue weighted by Crippen LogP contribution is 2.15. The van der Waals surface area contributed by atoms with Crippen LogP contribution in [0.1, 0.15) is 20.7 Å². The number of halogens is 2. The highest BCUT2D eigenvalue weighted by atomic mass is 19.1. The molecule has 19 heavy (non-hydrogen) atoms. The van der Waals surface area contributed by atoms with E-state index in [1.165, 1.54) is 30.3 Å². The van der Waals surface area contributed by atoms with Crippen molar-refractivity contribution >= 4 is 17.9 Å². The van der Waals surface area contributed by atoms with Gasteiger partial charge in [-0.1, -0.05) is 6.07 Å². The summed E-state index contributed by atoms with van der Waals surface area (Å²) in [4.78, 5) is 22.2. The van der Waals surface area contributed by atoms with E-state index in [0.29, 0.717) is 17.5 Å². The van der Waals surface area contributed by atoms with Crippen LogP contribution in [-0.2, 0) is 0 Å². The van der Waals surface area contributed by atoms with Crippen LogP contribution in [0, 0.1) is 11.6 Å². The van der Waals surface area contributed by atoms with Gasteiger partial charge in [0.1, 0.15) is 23.5 Å². The van der Waals surface area contributed by atoms with Gasteiger partial charge in [0.15, 0.2) is 0 Å². The van der Waals surface area contributed by atoms with Crippen LogP contribution in [0.25, 0.3) is 0 Å². The summed E-state index contributed by atoms with van der Waals surface area (Å²) in [7, 11) is 0.